The number of morpholine rings is 1. The van der Waals surface area contributed by atoms with E-state index in [0.29, 0.717) is 19.8 Å². The molecule has 6 nitrogen and oxygen atoms in total. The Bertz CT molecular complexity index is 784. The van der Waals surface area contributed by atoms with Gasteiger partial charge in [0.1, 0.15) is 0 Å². The van der Waals surface area contributed by atoms with Crippen LogP contribution in [0.3, 0.4) is 0 Å². The van der Waals surface area contributed by atoms with Gasteiger partial charge in [0.25, 0.3) is 0 Å². The topological polar surface area (TPSA) is 72.1 Å². The van der Waals surface area contributed by atoms with Crippen LogP contribution in [0.15, 0.2) is 46.8 Å². The van der Waals surface area contributed by atoms with Crippen molar-refractivity contribution in [3.05, 3.63) is 46.7 Å². The highest BCUT2D eigenvalue weighted by Crippen LogP contribution is 2.30. The number of nitrogens with one attached hydrogen (secondary N) is 1. The van der Waals surface area contributed by atoms with Crippen LogP contribution < -0.4 is 15.8 Å². The second-order valence-corrected chi connectivity index (χ2v) is 7.05. The van der Waals surface area contributed by atoms with Crippen LogP contribution in [0.25, 0.3) is 0 Å². The lowest BCUT2D eigenvalue weighted by Crippen LogP contribution is -2.40. The van der Waals surface area contributed by atoms with Crippen LogP contribution in [-0.2, 0) is 4.74 Å². The van der Waals surface area contributed by atoms with E-state index in [2.05, 4.69) is 19.9 Å². The zero-order valence-corrected chi connectivity index (χ0v) is 18.5. The molecule has 1 saturated heterocycles. The Morgan fingerprint density at radius 2 is 1.97 bits per heavy atom. The number of nitrogens with two attached hydrogens (primary N) is 1. The monoisotopic (exact) mass is 542 g/mol. The molecule has 11 heteroatoms. The summed E-state index contributed by atoms with van der Waals surface area (Å²) >= 11 is 1.63. The summed E-state index contributed by atoms with van der Waals surface area (Å²) in [6.07, 6.45) is -4.79. The average molecular weight is 542 g/mol. The number of guanidine groups is 1. The van der Waals surface area contributed by atoms with Crippen molar-refractivity contribution in [2.75, 3.05) is 38.2 Å². The molecule has 1 aromatic carbocycles. The van der Waals surface area contributed by atoms with Crippen LogP contribution in [0.1, 0.15) is 10.9 Å². The van der Waals surface area contributed by atoms with E-state index in [0.717, 1.165) is 18.0 Å². The summed E-state index contributed by atoms with van der Waals surface area (Å²) in [7, 11) is 0. The Balaban J connectivity index is 0.00000300. The minimum Gasteiger partial charge on any atom is -0.404 e. The Kier molecular flexibility index (Phi) is 8.99. The maximum absolute atomic E-state index is 12.5. The van der Waals surface area contributed by atoms with Gasteiger partial charge in [-0.25, -0.2) is 0 Å². The van der Waals surface area contributed by atoms with E-state index in [4.69, 9.17) is 10.5 Å². The lowest BCUT2D eigenvalue weighted by atomic mass is 10.2. The molecule has 0 aliphatic carbocycles. The van der Waals surface area contributed by atoms with Crippen molar-refractivity contribution in [1.29, 1.82) is 0 Å². The van der Waals surface area contributed by atoms with E-state index < -0.39 is 6.36 Å². The van der Waals surface area contributed by atoms with Gasteiger partial charge in [-0.05, 0) is 23.6 Å². The fourth-order valence-electron chi connectivity index (χ4n) is 2.90. The number of ether oxygens (including phenoxy) is 2. The number of alkyl halides is 3. The number of anilines is 1. The first kappa shape index (κ1) is 23.7. The minimum atomic E-state index is -4.79. The summed E-state index contributed by atoms with van der Waals surface area (Å²) in [6, 6.07) is 9.74. The lowest BCUT2D eigenvalue weighted by Gasteiger charge is -2.33. The van der Waals surface area contributed by atoms with E-state index in [9.17, 15) is 13.2 Å². The van der Waals surface area contributed by atoms with Crippen LogP contribution in [0.4, 0.5) is 18.9 Å². The molecule has 160 valence electrons. The van der Waals surface area contributed by atoms with E-state index in [1.807, 2.05) is 17.5 Å². The van der Waals surface area contributed by atoms with Gasteiger partial charge in [0.05, 0.1) is 31.5 Å². The third-order valence-corrected chi connectivity index (χ3v) is 5.14. The maximum atomic E-state index is 12.5. The minimum absolute atomic E-state index is 0. The molecular formula is C18H22F3IN4O2S. The zero-order valence-electron chi connectivity index (χ0n) is 15.4. The van der Waals surface area contributed by atoms with Gasteiger partial charge < -0.3 is 20.5 Å². The standard InChI is InChI=1S/C18H21F3N4O2S.HI/c19-18(20,21)27-15-5-2-1-4-13(15)24-17(22)23-12-14(16-6-3-11-28-16)25-7-9-26-10-8-25;/h1-6,11,14H,7-10,12H2,(H3,22,23,24);1H. The van der Waals surface area contributed by atoms with Crippen molar-refractivity contribution in [1.82, 2.24) is 4.90 Å². The summed E-state index contributed by atoms with van der Waals surface area (Å²) in [5.74, 6) is -0.343. The highest BCUT2D eigenvalue weighted by atomic mass is 127. The third-order valence-electron chi connectivity index (χ3n) is 4.17. The molecule has 3 N–H and O–H groups in total. The molecule has 1 aromatic heterocycles. The lowest BCUT2D eigenvalue weighted by molar-refractivity contribution is -0.274. The predicted octanol–water partition coefficient (Wildman–Crippen LogP) is 4.06. The second kappa shape index (κ2) is 11.0. The molecule has 1 aliphatic rings. The molecular weight excluding hydrogens is 520 g/mol. The fourth-order valence-corrected chi connectivity index (χ4v) is 3.75. The molecule has 1 fully saturated rings. The molecule has 2 aromatic rings. The van der Waals surface area contributed by atoms with Crippen molar-refractivity contribution in [3.63, 3.8) is 0 Å². The van der Waals surface area contributed by atoms with Gasteiger partial charge in [0.2, 0.25) is 0 Å². The van der Waals surface area contributed by atoms with Crippen molar-refractivity contribution in [3.8, 4) is 5.75 Å². The summed E-state index contributed by atoms with van der Waals surface area (Å²) in [4.78, 5) is 7.78. The third kappa shape index (κ3) is 7.32. The van der Waals surface area contributed by atoms with Crippen LogP contribution >= 0.6 is 35.3 Å². The Morgan fingerprint density at radius 3 is 2.62 bits per heavy atom. The molecule has 2 heterocycles. The molecule has 1 aliphatic heterocycles. The van der Waals surface area contributed by atoms with Crippen LogP contribution in [0, 0.1) is 0 Å². The smallest absolute Gasteiger partial charge is 0.404 e. The van der Waals surface area contributed by atoms with Gasteiger partial charge in [-0.15, -0.1) is 48.5 Å². The molecule has 0 radical (unpaired) electrons. The summed E-state index contributed by atoms with van der Waals surface area (Å²) < 4.78 is 47.1. The van der Waals surface area contributed by atoms with Gasteiger partial charge in [-0.2, -0.15) is 0 Å². The molecule has 0 spiro atoms. The van der Waals surface area contributed by atoms with Crippen molar-refractivity contribution >= 4 is 47.0 Å². The fraction of sp³-hybridized carbons (Fsp3) is 0.389. The normalized spacial score (nSPS) is 16.7. The number of aliphatic imine (C=N–C) groups is 1. The van der Waals surface area contributed by atoms with Gasteiger partial charge in [0, 0.05) is 18.0 Å². The Hall–Kier alpha value is -1.57. The summed E-state index contributed by atoms with van der Waals surface area (Å²) in [5, 5.41) is 4.70. The zero-order chi connectivity index (χ0) is 20.0. The quantitative estimate of drug-likeness (QED) is 0.328. The number of para-hydroxylation sites is 2. The molecule has 0 bridgehead atoms. The second-order valence-electron chi connectivity index (χ2n) is 6.07. The van der Waals surface area contributed by atoms with Crippen LogP contribution in [0.2, 0.25) is 0 Å². The van der Waals surface area contributed by atoms with Gasteiger partial charge >= 0.3 is 6.36 Å². The number of halogens is 4. The highest BCUT2D eigenvalue weighted by molar-refractivity contribution is 14.0. The Labute approximate surface area is 187 Å². The number of hydrogen-bond acceptors (Lipinski definition) is 5. The molecule has 3 rings (SSSR count). The van der Waals surface area contributed by atoms with E-state index in [-0.39, 0.29) is 47.4 Å². The van der Waals surface area contributed by atoms with Crippen molar-refractivity contribution in [2.45, 2.75) is 12.4 Å². The van der Waals surface area contributed by atoms with Gasteiger partial charge in [-0.1, -0.05) is 18.2 Å². The van der Waals surface area contributed by atoms with E-state index in [1.165, 1.54) is 18.2 Å². The van der Waals surface area contributed by atoms with E-state index >= 15 is 0 Å². The summed E-state index contributed by atoms with van der Waals surface area (Å²) in [5.41, 5.74) is 6.03. The van der Waals surface area contributed by atoms with Crippen molar-refractivity contribution in [2.24, 2.45) is 10.7 Å². The largest absolute Gasteiger partial charge is 0.573 e. The van der Waals surface area contributed by atoms with Crippen LogP contribution in [-0.4, -0.2) is 50.1 Å². The SMILES string of the molecule is I.NC(=NCC(c1cccs1)N1CCOCC1)Nc1ccccc1OC(F)(F)F. The van der Waals surface area contributed by atoms with Gasteiger partial charge in [-0.3, -0.25) is 9.89 Å². The first-order chi connectivity index (χ1) is 13.4. The first-order valence-electron chi connectivity index (χ1n) is 8.69. The summed E-state index contributed by atoms with van der Waals surface area (Å²) in [6.45, 7) is 3.26. The first-order valence-corrected chi connectivity index (χ1v) is 9.57. The predicted molar refractivity (Wildman–Crippen MR) is 118 cm³/mol. The molecule has 29 heavy (non-hydrogen) atoms. The number of hydrogen-bond donors (Lipinski definition) is 2. The average Bonchev–Trinajstić information content (AvgIpc) is 3.18. The molecule has 1 atom stereocenters. The number of rotatable bonds is 6. The maximum Gasteiger partial charge on any atom is 0.573 e. The molecule has 0 saturated carbocycles. The molecule has 1 unspecified atom stereocenters. The van der Waals surface area contributed by atoms with Crippen molar-refractivity contribution < 1.29 is 22.6 Å². The van der Waals surface area contributed by atoms with Gasteiger partial charge in [0.15, 0.2) is 11.7 Å². The Morgan fingerprint density at radius 1 is 1.24 bits per heavy atom. The number of thiophene rings is 1. The van der Waals surface area contributed by atoms with Crippen LogP contribution in [0.5, 0.6) is 5.75 Å². The van der Waals surface area contributed by atoms with E-state index in [1.54, 1.807) is 17.4 Å². The molecule has 0 amide bonds. The highest BCUT2D eigenvalue weighted by Gasteiger charge is 2.32. The number of benzene rings is 1. The number of nitrogens with zero attached hydrogens (tertiary/aromatic N) is 2.